The second kappa shape index (κ2) is 10.6. The smallest absolute Gasteiger partial charge is 0.319 e. The van der Waals surface area contributed by atoms with Crippen LogP contribution in [0.4, 0.5) is 15.6 Å². The van der Waals surface area contributed by atoms with E-state index >= 15 is 0 Å². The van der Waals surface area contributed by atoms with Crippen molar-refractivity contribution in [3.05, 3.63) is 48.5 Å². The van der Waals surface area contributed by atoms with Gasteiger partial charge in [-0.15, -0.1) is 10.2 Å². The number of nitrogens with zero attached hydrogens (tertiary/aromatic N) is 2. The summed E-state index contributed by atoms with van der Waals surface area (Å²) in [5.41, 5.74) is 1.38. The Morgan fingerprint density at radius 3 is 2.19 bits per heavy atom. The highest BCUT2D eigenvalue weighted by molar-refractivity contribution is 7.18. The molecule has 1 aromatic heterocycles. The van der Waals surface area contributed by atoms with Gasteiger partial charge >= 0.3 is 6.03 Å². The van der Waals surface area contributed by atoms with Gasteiger partial charge in [-0.25, -0.2) is 4.79 Å². The lowest BCUT2D eigenvalue weighted by atomic mass is 10.0. The van der Waals surface area contributed by atoms with E-state index in [0.29, 0.717) is 27.3 Å². The Morgan fingerprint density at radius 2 is 1.59 bits per heavy atom. The van der Waals surface area contributed by atoms with Crippen molar-refractivity contribution in [1.82, 2.24) is 15.5 Å². The number of amides is 3. The summed E-state index contributed by atoms with van der Waals surface area (Å²) in [7, 11) is 3.04. The second-order valence-electron chi connectivity index (χ2n) is 7.19. The number of benzene rings is 2. The Kier molecular flexibility index (Phi) is 7.61. The molecular formula is C22H25N5O4S. The largest absolute Gasteiger partial charge is 0.497 e. The van der Waals surface area contributed by atoms with Gasteiger partial charge in [0.25, 0.3) is 0 Å². The van der Waals surface area contributed by atoms with E-state index in [9.17, 15) is 9.59 Å². The Bertz CT molecular complexity index is 1050. The van der Waals surface area contributed by atoms with Crippen LogP contribution in [0.2, 0.25) is 0 Å². The number of urea groups is 1. The van der Waals surface area contributed by atoms with Crippen LogP contribution in [0, 0.1) is 5.92 Å². The first-order valence-electron chi connectivity index (χ1n) is 9.90. The maximum Gasteiger partial charge on any atom is 0.319 e. The molecule has 0 bridgehead atoms. The highest BCUT2D eigenvalue weighted by atomic mass is 32.1. The van der Waals surface area contributed by atoms with Crippen LogP contribution < -0.4 is 25.4 Å². The lowest BCUT2D eigenvalue weighted by Crippen LogP contribution is -2.48. The summed E-state index contributed by atoms with van der Waals surface area (Å²) >= 11 is 1.26. The number of hydrogen-bond acceptors (Lipinski definition) is 7. The SMILES string of the molecule is COc1cc(NC(=O)NC(C(=O)Nc2nnc(-c3ccccc3)s2)C(C)C)cc(OC)c1. The molecule has 0 saturated carbocycles. The molecule has 2 aromatic carbocycles. The molecule has 1 heterocycles. The number of rotatable bonds is 8. The van der Waals surface area contributed by atoms with Crippen LogP contribution in [0.15, 0.2) is 48.5 Å². The summed E-state index contributed by atoms with van der Waals surface area (Å²) in [4.78, 5) is 25.4. The van der Waals surface area contributed by atoms with Crippen LogP contribution in [0.3, 0.4) is 0 Å². The van der Waals surface area contributed by atoms with Crippen molar-refractivity contribution >= 4 is 34.1 Å². The molecule has 0 aliphatic carbocycles. The summed E-state index contributed by atoms with van der Waals surface area (Å²) in [6.07, 6.45) is 0. The third kappa shape index (κ3) is 5.94. The lowest BCUT2D eigenvalue weighted by Gasteiger charge is -2.21. The van der Waals surface area contributed by atoms with Crippen LogP contribution in [-0.2, 0) is 4.79 Å². The Labute approximate surface area is 190 Å². The molecule has 32 heavy (non-hydrogen) atoms. The molecule has 0 spiro atoms. The Morgan fingerprint density at radius 1 is 0.938 bits per heavy atom. The number of carbonyl (C=O) groups is 2. The molecule has 0 aliphatic heterocycles. The molecule has 0 aliphatic rings. The number of nitrogens with one attached hydrogen (secondary N) is 3. The van der Waals surface area contributed by atoms with Gasteiger partial charge in [0.15, 0.2) is 0 Å². The van der Waals surface area contributed by atoms with Crippen LogP contribution in [0.5, 0.6) is 11.5 Å². The number of hydrogen-bond donors (Lipinski definition) is 3. The fraction of sp³-hybridized carbons (Fsp3) is 0.273. The summed E-state index contributed by atoms with van der Waals surface area (Å²) < 4.78 is 10.4. The summed E-state index contributed by atoms with van der Waals surface area (Å²) in [6.45, 7) is 3.68. The minimum absolute atomic E-state index is 0.165. The fourth-order valence-corrected chi connectivity index (χ4v) is 3.63. The lowest BCUT2D eigenvalue weighted by molar-refractivity contribution is -0.118. The van der Waals surface area contributed by atoms with Gasteiger partial charge in [-0.3, -0.25) is 10.1 Å². The minimum Gasteiger partial charge on any atom is -0.497 e. The van der Waals surface area contributed by atoms with E-state index in [1.807, 2.05) is 44.2 Å². The molecule has 0 radical (unpaired) electrons. The molecule has 3 N–H and O–H groups in total. The van der Waals surface area contributed by atoms with Crippen molar-refractivity contribution in [3.63, 3.8) is 0 Å². The first-order chi connectivity index (χ1) is 15.4. The van der Waals surface area contributed by atoms with Crippen molar-refractivity contribution in [3.8, 4) is 22.1 Å². The van der Waals surface area contributed by atoms with Crippen LogP contribution in [0.1, 0.15) is 13.8 Å². The maximum atomic E-state index is 12.8. The molecule has 168 valence electrons. The molecule has 0 fully saturated rings. The average molecular weight is 456 g/mol. The Balaban J connectivity index is 1.65. The van der Waals surface area contributed by atoms with Gasteiger partial charge in [0.2, 0.25) is 11.0 Å². The van der Waals surface area contributed by atoms with E-state index < -0.39 is 12.1 Å². The van der Waals surface area contributed by atoms with E-state index in [1.165, 1.54) is 25.6 Å². The highest BCUT2D eigenvalue weighted by Crippen LogP contribution is 2.27. The number of carbonyl (C=O) groups excluding carboxylic acids is 2. The Hall–Kier alpha value is -3.66. The van der Waals surface area contributed by atoms with Gasteiger partial charge in [0.05, 0.1) is 14.2 Å². The molecule has 3 amide bonds. The summed E-state index contributed by atoms with van der Waals surface area (Å²) in [5, 5.41) is 17.4. The van der Waals surface area contributed by atoms with Crippen molar-refractivity contribution in [2.24, 2.45) is 5.92 Å². The van der Waals surface area contributed by atoms with Crippen LogP contribution in [0.25, 0.3) is 10.6 Å². The predicted octanol–water partition coefficient (Wildman–Crippen LogP) is 4.01. The highest BCUT2D eigenvalue weighted by Gasteiger charge is 2.25. The predicted molar refractivity (Wildman–Crippen MR) is 124 cm³/mol. The van der Waals surface area contributed by atoms with Gasteiger partial charge in [0, 0.05) is 29.4 Å². The van der Waals surface area contributed by atoms with Crippen molar-refractivity contribution in [1.29, 1.82) is 0 Å². The molecule has 3 rings (SSSR count). The van der Waals surface area contributed by atoms with Gasteiger partial charge in [-0.1, -0.05) is 55.5 Å². The van der Waals surface area contributed by atoms with Crippen LogP contribution in [-0.4, -0.2) is 42.4 Å². The second-order valence-corrected chi connectivity index (χ2v) is 8.17. The summed E-state index contributed by atoms with van der Waals surface area (Å²) in [5.74, 6) is 0.517. The zero-order valence-electron chi connectivity index (χ0n) is 18.2. The maximum absolute atomic E-state index is 12.8. The van der Waals surface area contributed by atoms with E-state index in [-0.39, 0.29) is 11.8 Å². The number of aromatic nitrogens is 2. The van der Waals surface area contributed by atoms with Crippen molar-refractivity contribution in [2.45, 2.75) is 19.9 Å². The number of ether oxygens (including phenoxy) is 2. The standard InChI is InChI=1S/C22H25N5O4S/c1-13(2)18(24-21(29)23-15-10-16(30-3)12-17(11-15)31-4)19(28)25-22-27-26-20(32-22)14-8-6-5-7-9-14/h5-13,18H,1-4H3,(H2,23,24,29)(H,25,27,28). The molecule has 0 saturated heterocycles. The van der Waals surface area contributed by atoms with Gasteiger partial charge < -0.3 is 20.1 Å². The number of methoxy groups -OCH3 is 2. The van der Waals surface area contributed by atoms with E-state index in [1.54, 1.807) is 18.2 Å². The average Bonchev–Trinajstić information content (AvgIpc) is 3.25. The first-order valence-corrected chi connectivity index (χ1v) is 10.7. The fourth-order valence-electron chi connectivity index (χ4n) is 2.88. The number of anilines is 2. The van der Waals surface area contributed by atoms with Crippen LogP contribution >= 0.6 is 11.3 Å². The van der Waals surface area contributed by atoms with E-state index in [0.717, 1.165) is 5.56 Å². The molecule has 3 aromatic rings. The van der Waals surface area contributed by atoms with Crippen molar-refractivity contribution < 1.29 is 19.1 Å². The normalized spacial score (nSPS) is 11.5. The third-order valence-electron chi connectivity index (χ3n) is 4.52. The summed E-state index contributed by atoms with van der Waals surface area (Å²) in [6, 6.07) is 13.2. The molecule has 10 heteroatoms. The molecular weight excluding hydrogens is 430 g/mol. The van der Waals surface area contributed by atoms with Gasteiger partial charge in [0.1, 0.15) is 22.5 Å². The zero-order chi connectivity index (χ0) is 23.1. The van der Waals surface area contributed by atoms with E-state index in [2.05, 4.69) is 26.1 Å². The van der Waals surface area contributed by atoms with Gasteiger partial charge in [-0.2, -0.15) is 0 Å². The zero-order valence-corrected chi connectivity index (χ0v) is 19.0. The van der Waals surface area contributed by atoms with Crippen molar-refractivity contribution in [2.75, 3.05) is 24.9 Å². The van der Waals surface area contributed by atoms with E-state index in [4.69, 9.17) is 9.47 Å². The monoisotopic (exact) mass is 455 g/mol. The quantitative estimate of drug-likeness (QED) is 0.473. The molecule has 1 atom stereocenters. The molecule has 9 nitrogen and oxygen atoms in total. The topological polar surface area (TPSA) is 114 Å². The molecule has 1 unspecified atom stereocenters. The first kappa shape index (κ1) is 23.0. The third-order valence-corrected chi connectivity index (χ3v) is 5.41. The minimum atomic E-state index is -0.786. The van der Waals surface area contributed by atoms with Gasteiger partial charge in [-0.05, 0) is 5.92 Å².